The molecule has 1 aliphatic carbocycles. The molecule has 2 rings (SSSR count). The Morgan fingerprint density at radius 3 is 2.85 bits per heavy atom. The van der Waals surface area contributed by atoms with Gasteiger partial charge in [-0.25, -0.2) is 0 Å². The Labute approximate surface area is 80.9 Å². The minimum atomic E-state index is 0.937. The quantitative estimate of drug-likeness (QED) is 0.625. The first-order valence-corrected chi connectivity index (χ1v) is 5.60. The van der Waals surface area contributed by atoms with Gasteiger partial charge in [0.15, 0.2) is 0 Å². The van der Waals surface area contributed by atoms with Crippen LogP contribution in [0.3, 0.4) is 0 Å². The van der Waals surface area contributed by atoms with Crippen LogP contribution in [0.25, 0.3) is 0 Å². The van der Waals surface area contributed by atoms with Crippen molar-refractivity contribution in [3.05, 3.63) is 11.8 Å². The molecule has 1 nitrogen and oxygen atoms in total. The first kappa shape index (κ1) is 8.98. The van der Waals surface area contributed by atoms with Crippen molar-refractivity contribution in [1.82, 2.24) is 0 Å². The normalized spacial score (nSPS) is 32.5. The second kappa shape index (κ2) is 4.08. The lowest BCUT2D eigenvalue weighted by Gasteiger charge is -2.08. The first-order chi connectivity index (χ1) is 6.38. The van der Waals surface area contributed by atoms with Gasteiger partial charge in [-0.15, -0.1) is 0 Å². The molecule has 2 atom stereocenters. The monoisotopic (exact) mass is 177 g/mol. The summed E-state index contributed by atoms with van der Waals surface area (Å²) in [5.41, 5.74) is 1.35. The largest absolute Gasteiger partial charge is 0.266 e. The standard InChI is InChI=1S/C12H19N/c1-2-10-5-6-11(8-10)9-12-4-3-7-13-12/h4,7,10-11H,2-3,5-6,8-9H2,1H3. The van der Waals surface area contributed by atoms with E-state index in [-0.39, 0.29) is 0 Å². The van der Waals surface area contributed by atoms with Crippen LogP contribution in [-0.2, 0) is 0 Å². The molecule has 1 saturated carbocycles. The van der Waals surface area contributed by atoms with Crippen molar-refractivity contribution in [3.8, 4) is 0 Å². The van der Waals surface area contributed by atoms with Gasteiger partial charge in [0.2, 0.25) is 0 Å². The fourth-order valence-electron chi connectivity index (χ4n) is 2.58. The molecule has 0 bridgehead atoms. The van der Waals surface area contributed by atoms with Crippen LogP contribution in [0.2, 0.25) is 0 Å². The molecule has 2 unspecified atom stereocenters. The summed E-state index contributed by atoms with van der Waals surface area (Å²) >= 11 is 0. The van der Waals surface area contributed by atoms with Gasteiger partial charge in [-0.1, -0.05) is 25.8 Å². The van der Waals surface area contributed by atoms with Gasteiger partial charge in [-0.3, -0.25) is 4.99 Å². The average molecular weight is 177 g/mol. The van der Waals surface area contributed by atoms with Gasteiger partial charge in [0, 0.05) is 18.3 Å². The number of nitrogens with zero attached hydrogens (tertiary/aromatic N) is 1. The van der Waals surface area contributed by atoms with Gasteiger partial charge in [-0.2, -0.15) is 0 Å². The van der Waals surface area contributed by atoms with Crippen LogP contribution in [0, 0.1) is 11.8 Å². The smallest absolute Gasteiger partial charge is 0.0366 e. The highest BCUT2D eigenvalue weighted by Gasteiger charge is 2.23. The van der Waals surface area contributed by atoms with E-state index in [1.54, 1.807) is 0 Å². The molecule has 13 heavy (non-hydrogen) atoms. The lowest BCUT2D eigenvalue weighted by molar-refractivity contribution is 0.477. The zero-order chi connectivity index (χ0) is 9.10. The fraction of sp³-hybridized carbons (Fsp3) is 0.750. The lowest BCUT2D eigenvalue weighted by atomic mass is 9.99. The fourth-order valence-corrected chi connectivity index (χ4v) is 2.58. The average Bonchev–Trinajstić information content (AvgIpc) is 2.76. The third-order valence-corrected chi connectivity index (χ3v) is 3.44. The molecule has 1 aliphatic heterocycles. The molecule has 0 aromatic heterocycles. The maximum Gasteiger partial charge on any atom is 0.0366 e. The van der Waals surface area contributed by atoms with Crippen LogP contribution in [-0.4, -0.2) is 6.21 Å². The van der Waals surface area contributed by atoms with E-state index in [1.807, 2.05) is 6.21 Å². The van der Waals surface area contributed by atoms with Crippen molar-refractivity contribution in [2.24, 2.45) is 16.8 Å². The molecule has 1 heterocycles. The van der Waals surface area contributed by atoms with E-state index in [4.69, 9.17) is 0 Å². The summed E-state index contributed by atoms with van der Waals surface area (Å²) < 4.78 is 0. The third-order valence-electron chi connectivity index (χ3n) is 3.44. The molecule has 0 saturated heterocycles. The Hall–Kier alpha value is -0.590. The van der Waals surface area contributed by atoms with Crippen molar-refractivity contribution in [3.63, 3.8) is 0 Å². The van der Waals surface area contributed by atoms with E-state index >= 15 is 0 Å². The zero-order valence-electron chi connectivity index (χ0n) is 8.50. The van der Waals surface area contributed by atoms with Gasteiger partial charge in [0.1, 0.15) is 0 Å². The van der Waals surface area contributed by atoms with Crippen molar-refractivity contribution < 1.29 is 0 Å². The maximum absolute atomic E-state index is 4.39. The summed E-state index contributed by atoms with van der Waals surface area (Å²) in [6.07, 6.45) is 12.3. The highest BCUT2D eigenvalue weighted by molar-refractivity contribution is 5.64. The molecule has 1 fully saturated rings. The SMILES string of the molecule is CCC1CCC(CC2=CCC=N2)C1. The second-order valence-corrected chi connectivity index (χ2v) is 4.40. The van der Waals surface area contributed by atoms with E-state index in [9.17, 15) is 0 Å². The third kappa shape index (κ3) is 2.20. The Balaban J connectivity index is 1.80. The van der Waals surface area contributed by atoms with Gasteiger partial charge in [0.25, 0.3) is 0 Å². The van der Waals surface area contributed by atoms with Gasteiger partial charge in [0.05, 0.1) is 0 Å². The van der Waals surface area contributed by atoms with Crippen molar-refractivity contribution in [1.29, 1.82) is 0 Å². The maximum atomic E-state index is 4.39. The van der Waals surface area contributed by atoms with E-state index in [1.165, 1.54) is 37.8 Å². The second-order valence-electron chi connectivity index (χ2n) is 4.40. The zero-order valence-corrected chi connectivity index (χ0v) is 8.50. The molecule has 0 spiro atoms. The molecular weight excluding hydrogens is 158 g/mol. The molecule has 0 amide bonds. The number of hydrogen-bond donors (Lipinski definition) is 0. The van der Waals surface area contributed by atoms with Gasteiger partial charge >= 0.3 is 0 Å². The predicted molar refractivity (Wildman–Crippen MR) is 56.9 cm³/mol. The Kier molecular flexibility index (Phi) is 2.82. The molecule has 0 N–H and O–H groups in total. The highest BCUT2D eigenvalue weighted by Crippen LogP contribution is 2.36. The Morgan fingerprint density at radius 1 is 1.38 bits per heavy atom. The summed E-state index contributed by atoms with van der Waals surface area (Å²) in [7, 11) is 0. The minimum Gasteiger partial charge on any atom is -0.266 e. The molecule has 0 aromatic carbocycles. The van der Waals surface area contributed by atoms with Crippen molar-refractivity contribution in [2.75, 3.05) is 0 Å². The number of rotatable bonds is 3. The molecule has 0 radical (unpaired) electrons. The molecule has 2 aliphatic rings. The Bertz CT molecular complexity index is 227. The van der Waals surface area contributed by atoms with Gasteiger partial charge in [-0.05, 0) is 31.1 Å². The first-order valence-electron chi connectivity index (χ1n) is 5.60. The Morgan fingerprint density at radius 2 is 2.23 bits per heavy atom. The van der Waals surface area contributed by atoms with E-state index in [2.05, 4.69) is 18.0 Å². The predicted octanol–water partition coefficient (Wildman–Crippen LogP) is 3.56. The molecule has 72 valence electrons. The number of aliphatic imine (C=N–C) groups is 1. The molecule has 0 aromatic rings. The van der Waals surface area contributed by atoms with Crippen LogP contribution in [0.1, 0.15) is 45.4 Å². The van der Waals surface area contributed by atoms with E-state index < -0.39 is 0 Å². The van der Waals surface area contributed by atoms with Crippen LogP contribution >= 0.6 is 0 Å². The van der Waals surface area contributed by atoms with Crippen molar-refractivity contribution >= 4 is 6.21 Å². The summed E-state index contributed by atoms with van der Waals surface area (Å²) in [6, 6.07) is 0. The summed E-state index contributed by atoms with van der Waals surface area (Å²) in [5.74, 6) is 1.95. The van der Waals surface area contributed by atoms with Crippen LogP contribution < -0.4 is 0 Å². The van der Waals surface area contributed by atoms with E-state index in [0.717, 1.165) is 18.3 Å². The van der Waals surface area contributed by atoms with Crippen LogP contribution in [0.4, 0.5) is 0 Å². The molecular formula is C12H19N. The number of hydrogen-bond acceptors (Lipinski definition) is 1. The topological polar surface area (TPSA) is 12.4 Å². The van der Waals surface area contributed by atoms with Crippen LogP contribution in [0.5, 0.6) is 0 Å². The molecule has 1 heteroatoms. The summed E-state index contributed by atoms with van der Waals surface area (Å²) in [4.78, 5) is 4.39. The van der Waals surface area contributed by atoms with E-state index in [0.29, 0.717) is 0 Å². The van der Waals surface area contributed by atoms with Crippen LogP contribution in [0.15, 0.2) is 16.8 Å². The summed E-state index contributed by atoms with van der Waals surface area (Å²) in [5, 5.41) is 0. The van der Waals surface area contributed by atoms with Gasteiger partial charge < -0.3 is 0 Å². The van der Waals surface area contributed by atoms with Crippen molar-refractivity contribution in [2.45, 2.75) is 45.4 Å². The lowest BCUT2D eigenvalue weighted by Crippen LogP contribution is -1.96. The minimum absolute atomic E-state index is 0.937. The highest BCUT2D eigenvalue weighted by atomic mass is 14.7. The summed E-state index contributed by atoms with van der Waals surface area (Å²) in [6.45, 7) is 2.32. The number of allylic oxidation sites excluding steroid dienone is 2.